The Kier molecular flexibility index (Phi) is 3.15. The zero-order chi connectivity index (χ0) is 14.1. The second kappa shape index (κ2) is 4.97. The second-order valence-corrected chi connectivity index (χ2v) is 5.69. The molecule has 1 amide bonds. The van der Waals surface area contributed by atoms with E-state index in [2.05, 4.69) is 9.97 Å². The summed E-state index contributed by atoms with van der Waals surface area (Å²) in [5, 5.41) is 1.00. The summed E-state index contributed by atoms with van der Waals surface area (Å²) in [5.41, 5.74) is 6.46. The number of thiophene rings is 1. The Morgan fingerprint density at radius 2 is 2.30 bits per heavy atom. The van der Waals surface area contributed by atoms with E-state index in [0.717, 1.165) is 15.9 Å². The Bertz CT molecular complexity index is 748. The number of amides is 1. The van der Waals surface area contributed by atoms with Crippen LogP contribution < -0.4 is 5.73 Å². The van der Waals surface area contributed by atoms with E-state index in [0.29, 0.717) is 17.1 Å². The number of carbonyl (C=O) groups is 1. The summed E-state index contributed by atoms with van der Waals surface area (Å²) in [6, 6.07) is 7.56. The largest absolute Gasteiger partial charge is 0.399 e. The minimum atomic E-state index is -0.0128. The van der Waals surface area contributed by atoms with Crippen LogP contribution in [0.15, 0.2) is 36.7 Å². The molecule has 6 heteroatoms. The van der Waals surface area contributed by atoms with Crippen molar-refractivity contribution in [2.45, 2.75) is 6.54 Å². The molecule has 0 aliphatic heterocycles. The number of imidazole rings is 1. The number of H-pyrrole nitrogens is 1. The molecule has 20 heavy (non-hydrogen) atoms. The minimum absolute atomic E-state index is 0.0128. The van der Waals surface area contributed by atoms with Gasteiger partial charge in [0.05, 0.1) is 11.4 Å². The van der Waals surface area contributed by atoms with Crippen molar-refractivity contribution in [2.75, 3.05) is 12.8 Å². The van der Waals surface area contributed by atoms with Crippen LogP contribution in [0.25, 0.3) is 10.1 Å². The van der Waals surface area contributed by atoms with Crippen LogP contribution in [0.5, 0.6) is 0 Å². The number of nitrogen functional groups attached to an aromatic ring is 1. The fourth-order valence-electron chi connectivity index (χ4n) is 2.04. The summed E-state index contributed by atoms with van der Waals surface area (Å²) < 4.78 is 1.06. The maximum atomic E-state index is 12.4. The second-order valence-electron chi connectivity index (χ2n) is 4.60. The van der Waals surface area contributed by atoms with Crippen LogP contribution in [0.3, 0.4) is 0 Å². The number of anilines is 1. The molecule has 3 N–H and O–H groups in total. The molecule has 0 saturated heterocycles. The van der Waals surface area contributed by atoms with E-state index >= 15 is 0 Å². The lowest BCUT2D eigenvalue weighted by molar-refractivity contribution is 0.0787. The van der Waals surface area contributed by atoms with Gasteiger partial charge in [0.2, 0.25) is 0 Å². The van der Waals surface area contributed by atoms with Gasteiger partial charge < -0.3 is 15.6 Å². The van der Waals surface area contributed by atoms with E-state index in [1.54, 1.807) is 24.3 Å². The van der Waals surface area contributed by atoms with E-state index in [1.165, 1.54) is 11.3 Å². The third-order valence-corrected chi connectivity index (χ3v) is 4.14. The summed E-state index contributed by atoms with van der Waals surface area (Å²) in [7, 11) is 1.77. The highest BCUT2D eigenvalue weighted by Crippen LogP contribution is 2.28. The summed E-state index contributed by atoms with van der Waals surface area (Å²) in [5.74, 6) is 0.757. The van der Waals surface area contributed by atoms with Crippen molar-refractivity contribution in [3.8, 4) is 0 Å². The molecule has 0 spiro atoms. The molecule has 0 fully saturated rings. The SMILES string of the molecule is CN(Cc1ncc[nH]1)C(=O)c1cc2cc(N)ccc2s1. The van der Waals surface area contributed by atoms with Gasteiger partial charge in [-0.2, -0.15) is 0 Å². The highest BCUT2D eigenvalue weighted by Gasteiger charge is 2.16. The number of nitrogens with zero attached hydrogens (tertiary/aromatic N) is 2. The lowest BCUT2D eigenvalue weighted by Crippen LogP contribution is -2.25. The van der Waals surface area contributed by atoms with E-state index < -0.39 is 0 Å². The predicted molar refractivity (Wildman–Crippen MR) is 80.6 cm³/mol. The minimum Gasteiger partial charge on any atom is -0.399 e. The number of rotatable bonds is 3. The molecule has 0 aliphatic rings. The first kappa shape index (κ1) is 12.7. The topological polar surface area (TPSA) is 75.0 Å². The predicted octanol–water partition coefficient (Wildman–Crippen LogP) is 2.48. The lowest BCUT2D eigenvalue weighted by Gasteiger charge is -2.14. The highest BCUT2D eigenvalue weighted by atomic mass is 32.1. The third-order valence-electron chi connectivity index (χ3n) is 3.04. The lowest BCUT2D eigenvalue weighted by atomic mass is 10.2. The smallest absolute Gasteiger partial charge is 0.264 e. The van der Waals surface area contributed by atoms with Crippen LogP contribution in [0, 0.1) is 0 Å². The van der Waals surface area contributed by atoms with Gasteiger partial charge in [-0.1, -0.05) is 0 Å². The molecular formula is C14H14N4OS. The van der Waals surface area contributed by atoms with Crippen LogP contribution in [-0.2, 0) is 6.54 Å². The van der Waals surface area contributed by atoms with Gasteiger partial charge in [-0.25, -0.2) is 4.98 Å². The van der Waals surface area contributed by atoms with E-state index in [1.807, 2.05) is 24.3 Å². The zero-order valence-electron chi connectivity index (χ0n) is 11.0. The third kappa shape index (κ3) is 2.37. The Morgan fingerprint density at radius 3 is 3.05 bits per heavy atom. The first-order valence-electron chi connectivity index (χ1n) is 6.16. The average Bonchev–Trinajstić information content (AvgIpc) is 3.06. The first-order valence-corrected chi connectivity index (χ1v) is 6.98. The van der Waals surface area contributed by atoms with Gasteiger partial charge in [-0.15, -0.1) is 11.3 Å². The standard InChI is InChI=1S/C14H14N4OS/c1-18(8-13-16-4-5-17-13)14(19)12-7-9-6-10(15)2-3-11(9)20-12/h2-7H,8,15H2,1H3,(H,16,17). The van der Waals surface area contributed by atoms with E-state index in [9.17, 15) is 4.79 Å². The van der Waals surface area contributed by atoms with Crippen LogP contribution in [0.2, 0.25) is 0 Å². The van der Waals surface area contributed by atoms with Crippen molar-refractivity contribution in [1.29, 1.82) is 0 Å². The molecule has 2 heterocycles. The van der Waals surface area contributed by atoms with Crippen molar-refractivity contribution in [3.63, 3.8) is 0 Å². The number of nitrogens with one attached hydrogen (secondary N) is 1. The van der Waals surface area contributed by atoms with Crippen LogP contribution in [0.1, 0.15) is 15.5 Å². The molecule has 5 nitrogen and oxygen atoms in total. The van der Waals surface area contributed by atoms with Gasteiger partial charge in [-0.05, 0) is 29.7 Å². The fourth-order valence-corrected chi connectivity index (χ4v) is 3.07. The summed E-state index contributed by atoms with van der Waals surface area (Å²) in [6.07, 6.45) is 3.42. The molecule has 0 bridgehead atoms. The van der Waals surface area contributed by atoms with Crippen molar-refractivity contribution in [2.24, 2.45) is 0 Å². The van der Waals surface area contributed by atoms with E-state index in [4.69, 9.17) is 5.73 Å². The molecule has 1 aromatic carbocycles. The molecule has 102 valence electrons. The molecule has 0 aliphatic carbocycles. The van der Waals surface area contributed by atoms with Crippen LogP contribution in [-0.4, -0.2) is 27.8 Å². The quantitative estimate of drug-likeness (QED) is 0.726. The molecule has 0 saturated carbocycles. The van der Waals surface area contributed by atoms with Crippen molar-refractivity contribution < 1.29 is 4.79 Å². The monoisotopic (exact) mass is 286 g/mol. The number of aromatic amines is 1. The Balaban J connectivity index is 1.84. The normalized spacial score (nSPS) is 10.8. The van der Waals surface area contributed by atoms with Gasteiger partial charge in [0.15, 0.2) is 0 Å². The van der Waals surface area contributed by atoms with Crippen molar-refractivity contribution >= 4 is 33.0 Å². The molecule has 3 rings (SSSR count). The van der Waals surface area contributed by atoms with Crippen molar-refractivity contribution in [1.82, 2.24) is 14.9 Å². The van der Waals surface area contributed by atoms with E-state index in [-0.39, 0.29) is 5.91 Å². The number of hydrogen-bond donors (Lipinski definition) is 2. The number of hydrogen-bond acceptors (Lipinski definition) is 4. The van der Waals surface area contributed by atoms with Crippen LogP contribution >= 0.6 is 11.3 Å². The summed E-state index contributed by atoms with van der Waals surface area (Å²) >= 11 is 1.48. The number of fused-ring (bicyclic) bond motifs is 1. The molecule has 0 atom stereocenters. The maximum Gasteiger partial charge on any atom is 0.264 e. The van der Waals surface area contributed by atoms with Crippen molar-refractivity contribution in [3.05, 3.63) is 47.4 Å². The van der Waals surface area contributed by atoms with Gasteiger partial charge in [0.25, 0.3) is 5.91 Å². The summed E-state index contributed by atoms with van der Waals surface area (Å²) in [4.78, 5) is 21.9. The maximum absolute atomic E-state index is 12.4. The van der Waals surface area contributed by atoms with Gasteiger partial charge in [-0.3, -0.25) is 4.79 Å². The van der Waals surface area contributed by atoms with Gasteiger partial charge in [0, 0.05) is 29.8 Å². The summed E-state index contributed by atoms with van der Waals surface area (Å²) in [6.45, 7) is 0.461. The zero-order valence-corrected chi connectivity index (χ0v) is 11.8. The molecular weight excluding hydrogens is 272 g/mol. The molecule has 0 radical (unpaired) electrons. The highest BCUT2D eigenvalue weighted by molar-refractivity contribution is 7.20. The Labute approximate surface area is 120 Å². The number of carbonyl (C=O) groups excluding carboxylic acids is 1. The van der Waals surface area contributed by atoms with Gasteiger partial charge >= 0.3 is 0 Å². The molecule has 2 aromatic heterocycles. The number of nitrogens with two attached hydrogens (primary N) is 1. The number of benzene rings is 1. The average molecular weight is 286 g/mol. The Hall–Kier alpha value is -2.34. The number of aromatic nitrogens is 2. The Morgan fingerprint density at radius 1 is 1.45 bits per heavy atom. The molecule has 3 aromatic rings. The molecule has 0 unspecified atom stereocenters. The fraction of sp³-hybridized carbons (Fsp3) is 0.143. The first-order chi connectivity index (χ1) is 9.63. The van der Waals surface area contributed by atoms with Gasteiger partial charge in [0.1, 0.15) is 5.82 Å². The van der Waals surface area contributed by atoms with Crippen LogP contribution in [0.4, 0.5) is 5.69 Å².